The number of methoxy groups -OCH3 is 1. The van der Waals surface area contributed by atoms with Gasteiger partial charge in [0.05, 0.1) is 24.0 Å². The summed E-state index contributed by atoms with van der Waals surface area (Å²) in [5.41, 5.74) is 6.14. The highest BCUT2D eigenvalue weighted by Crippen LogP contribution is 2.24. The van der Waals surface area contributed by atoms with Crippen molar-refractivity contribution in [1.82, 2.24) is 9.55 Å². The van der Waals surface area contributed by atoms with E-state index in [-0.39, 0.29) is 11.3 Å². The molecule has 2 rings (SSSR count). The minimum atomic E-state index is -0.654. The number of hydrogen-bond donors (Lipinski definition) is 2. The summed E-state index contributed by atoms with van der Waals surface area (Å²) < 4.78 is 20.2. The Morgan fingerprint density at radius 3 is 2.90 bits per heavy atom. The molecule has 0 atom stereocenters. The average molecular weight is 292 g/mol. The first-order valence-corrected chi connectivity index (χ1v) is 6.42. The number of carbonyl (C=O) groups is 1. The standard InChI is InChI=1S/C14H17FN4O2/c1-9-17-3-5-19(9)6-4-18-12-8-10(14(20)21-2)7-11(15)13(12)16/h3,5,7-8,18H,4,6,16H2,1-2H3. The largest absolute Gasteiger partial charge is 0.465 e. The molecule has 1 heterocycles. The lowest BCUT2D eigenvalue weighted by Gasteiger charge is -2.12. The fourth-order valence-electron chi connectivity index (χ4n) is 1.95. The highest BCUT2D eigenvalue weighted by molar-refractivity contribution is 5.92. The van der Waals surface area contributed by atoms with E-state index in [0.717, 1.165) is 11.9 Å². The van der Waals surface area contributed by atoms with Gasteiger partial charge in [0.2, 0.25) is 0 Å². The SMILES string of the molecule is COC(=O)c1cc(F)c(N)c(NCCn2ccnc2C)c1. The van der Waals surface area contributed by atoms with Crippen LogP contribution < -0.4 is 11.1 Å². The van der Waals surface area contributed by atoms with E-state index >= 15 is 0 Å². The quantitative estimate of drug-likeness (QED) is 0.649. The van der Waals surface area contributed by atoms with Crippen LogP contribution in [-0.4, -0.2) is 29.2 Å². The number of esters is 1. The molecule has 2 aromatic rings. The molecule has 7 heteroatoms. The Labute approximate surface area is 121 Å². The van der Waals surface area contributed by atoms with Crippen LogP contribution in [0.3, 0.4) is 0 Å². The molecule has 0 amide bonds. The smallest absolute Gasteiger partial charge is 0.338 e. The molecule has 0 aliphatic carbocycles. The number of aromatic nitrogens is 2. The van der Waals surface area contributed by atoms with Gasteiger partial charge in [0.1, 0.15) is 11.6 Å². The van der Waals surface area contributed by atoms with E-state index in [0.29, 0.717) is 18.8 Å². The number of halogens is 1. The maximum absolute atomic E-state index is 13.7. The van der Waals surface area contributed by atoms with Gasteiger partial charge in [0.15, 0.2) is 0 Å². The Kier molecular flexibility index (Phi) is 4.42. The highest BCUT2D eigenvalue weighted by Gasteiger charge is 2.13. The van der Waals surface area contributed by atoms with Crippen molar-refractivity contribution in [2.45, 2.75) is 13.5 Å². The van der Waals surface area contributed by atoms with Crippen LogP contribution in [0.4, 0.5) is 15.8 Å². The third-order valence-electron chi connectivity index (χ3n) is 3.14. The topological polar surface area (TPSA) is 82.2 Å². The third-order valence-corrected chi connectivity index (χ3v) is 3.14. The number of nitrogens with zero attached hydrogens (tertiary/aromatic N) is 2. The molecule has 0 fully saturated rings. The van der Waals surface area contributed by atoms with E-state index in [1.807, 2.05) is 17.7 Å². The summed E-state index contributed by atoms with van der Waals surface area (Å²) in [7, 11) is 1.24. The zero-order valence-corrected chi connectivity index (χ0v) is 11.9. The lowest BCUT2D eigenvalue weighted by molar-refractivity contribution is 0.0600. The molecule has 112 valence electrons. The van der Waals surface area contributed by atoms with Crippen LogP contribution in [0.2, 0.25) is 0 Å². The number of nitrogens with one attached hydrogen (secondary N) is 1. The van der Waals surface area contributed by atoms with Crippen molar-refractivity contribution in [3.05, 3.63) is 41.7 Å². The maximum Gasteiger partial charge on any atom is 0.338 e. The Hall–Kier alpha value is -2.57. The number of rotatable bonds is 5. The summed E-state index contributed by atoms with van der Waals surface area (Å²) in [5.74, 6) is -0.374. The van der Waals surface area contributed by atoms with Crippen LogP contribution in [0.15, 0.2) is 24.5 Å². The number of nitrogen functional groups attached to an aromatic ring is 1. The lowest BCUT2D eigenvalue weighted by Crippen LogP contribution is -2.13. The van der Waals surface area contributed by atoms with Crippen molar-refractivity contribution in [2.75, 3.05) is 24.7 Å². The van der Waals surface area contributed by atoms with Crippen LogP contribution >= 0.6 is 0 Å². The predicted molar refractivity (Wildman–Crippen MR) is 77.6 cm³/mol. The second-order valence-corrected chi connectivity index (χ2v) is 4.51. The van der Waals surface area contributed by atoms with Gasteiger partial charge < -0.3 is 20.4 Å². The molecule has 21 heavy (non-hydrogen) atoms. The van der Waals surface area contributed by atoms with E-state index in [1.165, 1.54) is 13.2 Å². The molecule has 0 saturated carbocycles. The van der Waals surface area contributed by atoms with Crippen molar-refractivity contribution in [1.29, 1.82) is 0 Å². The van der Waals surface area contributed by atoms with Gasteiger partial charge in [-0.2, -0.15) is 0 Å². The summed E-state index contributed by atoms with van der Waals surface area (Å²) in [6, 6.07) is 2.54. The molecule has 1 aromatic heterocycles. The van der Waals surface area contributed by atoms with Gasteiger partial charge in [-0.05, 0) is 19.1 Å². The number of ether oxygens (including phenoxy) is 1. The summed E-state index contributed by atoms with van der Waals surface area (Å²) >= 11 is 0. The van der Waals surface area contributed by atoms with E-state index in [1.54, 1.807) is 6.20 Å². The molecule has 0 radical (unpaired) electrons. The zero-order valence-electron chi connectivity index (χ0n) is 11.9. The van der Waals surface area contributed by atoms with Crippen molar-refractivity contribution in [3.63, 3.8) is 0 Å². The number of benzene rings is 1. The minimum absolute atomic E-state index is 0.0231. The van der Waals surface area contributed by atoms with Gasteiger partial charge in [-0.15, -0.1) is 0 Å². The first kappa shape index (κ1) is 14.8. The monoisotopic (exact) mass is 292 g/mol. The summed E-state index contributed by atoms with van der Waals surface area (Å²) in [5, 5.41) is 3.02. The first-order valence-electron chi connectivity index (χ1n) is 6.42. The fraction of sp³-hybridized carbons (Fsp3) is 0.286. The molecule has 0 spiro atoms. The molecular weight excluding hydrogens is 275 g/mol. The van der Waals surface area contributed by atoms with Crippen LogP contribution in [0.5, 0.6) is 0 Å². The van der Waals surface area contributed by atoms with Gasteiger partial charge in [-0.1, -0.05) is 0 Å². The Morgan fingerprint density at radius 1 is 1.52 bits per heavy atom. The number of aryl methyl sites for hydroxylation is 1. The fourth-order valence-corrected chi connectivity index (χ4v) is 1.95. The Morgan fingerprint density at radius 2 is 2.29 bits per heavy atom. The number of carbonyl (C=O) groups excluding carboxylic acids is 1. The molecule has 6 nitrogen and oxygen atoms in total. The van der Waals surface area contributed by atoms with Crippen molar-refractivity contribution in [3.8, 4) is 0 Å². The van der Waals surface area contributed by atoms with Crippen molar-refractivity contribution in [2.24, 2.45) is 0 Å². The number of anilines is 2. The first-order chi connectivity index (χ1) is 10.0. The Balaban J connectivity index is 2.10. The van der Waals surface area contributed by atoms with Crippen LogP contribution in [0, 0.1) is 12.7 Å². The summed E-state index contributed by atoms with van der Waals surface area (Å²) in [6.07, 6.45) is 3.56. The van der Waals surface area contributed by atoms with E-state index in [4.69, 9.17) is 5.73 Å². The van der Waals surface area contributed by atoms with Gasteiger partial charge >= 0.3 is 5.97 Å². The zero-order chi connectivity index (χ0) is 15.4. The van der Waals surface area contributed by atoms with Crippen molar-refractivity contribution >= 4 is 17.3 Å². The minimum Gasteiger partial charge on any atom is -0.465 e. The second kappa shape index (κ2) is 6.25. The van der Waals surface area contributed by atoms with Crippen LogP contribution in [0.1, 0.15) is 16.2 Å². The van der Waals surface area contributed by atoms with Crippen molar-refractivity contribution < 1.29 is 13.9 Å². The van der Waals surface area contributed by atoms with Gasteiger partial charge in [-0.3, -0.25) is 0 Å². The molecule has 3 N–H and O–H groups in total. The third kappa shape index (κ3) is 3.31. The summed E-state index contributed by atoms with van der Waals surface area (Å²) in [4.78, 5) is 15.6. The lowest BCUT2D eigenvalue weighted by atomic mass is 10.1. The van der Waals surface area contributed by atoms with E-state index in [9.17, 15) is 9.18 Å². The van der Waals surface area contributed by atoms with Crippen LogP contribution in [0.25, 0.3) is 0 Å². The normalized spacial score (nSPS) is 10.4. The molecule has 1 aromatic carbocycles. The number of hydrogen-bond acceptors (Lipinski definition) is 5. The molecule has 0 saturated heterocycles. The maximum atomic E-state index is 13.7. The molecule has 0 unspecified atom stereocenters. The van der Waals surface area contributed by atoms with E-state index in [2.05, 4.69) is 15.0 Å². The van der Waals surface area contributed by atoms with Gasteiger partial charge in [-0.25, -0.2) is 14.2 Å². The molecular formula is C14H17FN4O2. The number of nitrogens with two attached hydrogens (primary N) is 1. The molecule has 0 aliphatic rings. The molecule has 0 bridgehead atoms. The van der Waals surface area contributed by atoms with E-state index < -0.39 is 11.8 Å². The number of imidazole rings is 1. The second-order valence-electron chi connectivity index (χ2n) is 4.51. The summed E-state index contributed by atoms with van der Waals surface area (Å²) in [6.45, 7) is 3.06. The molecule has 0 aliphatic heterocycles. The van der Waals surface area contributed by atoms with Gasteiger partial charge in [0.25, 0.3) is 0 Å². The van der Waals surface area contributed by atoms with Gasteiger partial charge in [0, 0.05) is 25.5 Å². The van der Waals surface area contributed by atoms with Crippen LogP contribution in [-0.2, 0) is 11.3 Å². The average Bonchev–Trinajstić information content (AvgIpc) is 2.88. The highest BCUT2D eigenvalue weighted by atomic mass is 19.1. The Bertz CT molecular complexity index is 654. The predicted octanol–water partition coefficient (Wildman–Crippen LogP) is 1.81.